The molecule has 1 aliphatic rings. The van der Waals surface area contributed by atoms with Gasteiger partial charge in [0.05, 0.1) is 0 Å². The zero-order valence-electron chi connectivity index (χ0n) is 15.3. The van der Waals surface area contributed by atoms with E-state index in [0.717, 1.165) is 19.0 Å². The lowest BCUT2D eigenvalue weighted by molar-refractivity contribution is 0.0529. The Balaban J connectivity index is 0.00000484. The molecule has 1 rings (SSSR count). The molecule has 0 aromatic carbocycles. The Hall–Kier alpha value is -0.730. The third kappa shape index (κ3) is 9.22. The Morgan fingerprint density at radius 1 is 1.17 bits per heavy atom. The number of carbonyl (C=O) groups is 1. The van der Waals surface area contributed by atoms with Crippen molar-refractivity contribution in [2.45, 2.75) is 46.6 Å². The van der Waals surface area contributed by atoms with E-state index in [1.54, 1.807) is 7.05 Å². The number of ether oxygens (including phenoxy) is 1. The molecule has 1 heterocycles. The molecule has 0 aromatic heterocycles. The Bertz CT molecular complexity index is 386. The van der Waals surface area contributed by atoms with Gasteiger partial charge in [-0.05, 0) is 39.0 Å². The fourth-order valence-electron chi connectivity index (χ4n) is 2.82. The molecule has 1 saturated heterocycles. The second kappa shape index (κ2) is 10.2. The molecule has 0 saturated carbocycles. The van der Waals surface area contributed by atoms with Crippen molar-refractivity contribution in [1.82, 2.24) is 15.5 Å². The molecule has 0 aromatic rings. The summed E-state index contributed by atoms with van der Waals surface area (Å²) in [6, 6.07) is 0. The summed E-state index contributed by atoms with van der Waals surface area (Å²) in [7, 11) is 1.80. The van der Waals surface area contributed by atoms with Gasteiger partial charge < -0.3 is 20.3 Å². The molecule has 2 atom stereocenters. The molecule has 136 valence electrons. The molecule has 0 spiro atoms. The molecule has 1 fully saturated rings. The molecule has 0 aliphatic carbocycles. The van der Waals surface area contributed by atoms with E-state index in [-0.39, 0.29) is 30.1 Å². The van der Waals surface area contributed by atoms with Gasteiger partial charge in [0, 0.05) is 33.2 Å². The van der Waals surface area contributed by atoms with Crippen LogP contribution in [0.25, 0.3) is 0 Å². The second-order valence-electron chi connectivity index (χ2n) is 7.25. The van der Waals surface area contributed by atoms with E-state index in [4.69, 9.17) is 4.74 Å². The fraction of sp³-hybridized carbons (Fsp3) is 0.875. The number of carbonyl (C=O) groups excluding carboxylic acids is 1. The summed E-state index contributed by atoms with van der Waals surface area (Å²) in [6.07, 6.45) is 0.887. The van der Waals surface area contributed by atoms with E-state index >= 15 is 0 Å². The first-order valence-corrected chi connectivity index (χ1v) is 8.13. The fourth-order valence-corrected chi connectivity index (χ4v) is 2.82. The summed E-state index contributed by atoms with van der Waals surface area (Å²) in [5.74, 6) is 2.27. The van der Waals surface area contributed by atoms with E-state index in [0.29, 0.717) is 24.9 Å². The quantitative estimate of drug-likeness (QED) is 0.307. The van der Waals surface area contributed by atoms with Gasteiger partial charge >= 0.3 is 6.09 Å². The predicted molar refractivity (Wildman–Crippen MR) is 106 cm³/mol. The standard InChI is InChI=1S/C16H32N4O2.HI/c1-12-9-13(2)11-20(10-12)14(17-6)18-7-8-19-15(21)22-16(3,4)5;/h12-13H,7-11H2,1-6H3,(H,17,18)(H,19,21);1H. The van der Waals surface area contributed by atoms with Crippen LogP contribution < -0.4 is 10.6 Å². The van der Waals surface area contributed by atoms with Crippen LogP contribution in [0.2, 0.25) is 0 Å². The number of nitrogens with zero attached hydrogens (tertiary/aromatic N) is 2. The van der Waals surface area contributed by atoms with Crippen LogP contribution >= 0.6 is 24.0 Å². The molecule has 0 bridgehead atoms. The maximum absolute atomic E-state index is 11.6. The minimum atomic E-state index is -0.465. The first-order chi connectivity index (χ1) is 10.2. The third-order valence-corrected chi connectivity index (χ3v) is 3.46. The van der Waals surface area contributed by atoms with Crippen molar-refractivity contribution in [2.75, 3.05) is 33.2 Å². The average Bonchev–Trinajstić information content (AvgIpc) is 2.35. The Kier molecular flexibility index (Phi) is 9.88. The highest BCUT2D eigenvalue weighted by Crippen LogP contribution is 2.20. The number of hydrogen-bond donors (Lipinski definition) is 2. The van der Waals surface area contributed by atoms with Crippen LogP contribution in [0.15, 0.2) is 4.99 Å². The second-order valence-corrected chi connectivity index (χ2v) is 7.25. The van der Waals surface area contributed by atoms with Crippen LogP contribution in [0, 0.1) is 11.8 Å². The van der Waals surface area contributed by atoms with E-state index in [1.807, 2.05) is 20.8 Å². The van der Waals surface area contributed by atoms with Crippen molar-refractivity contribution in [2.24, 2.45) is 16.8 Å². The lowest BCUT2D eigenvalue weighted by Crippen LogP contribution is -2.49. The van der Waals surface area contributed by atoms with Gasteiger partial charge in [-0.15, -0.1) is 24.0 Å². The van der Waals surface area contributed by atoms with Gasteiger partial charge in [-0.2, -0.15) is 0 Å². The van der Waals surface area contributed by atoms with Gasteiger partial charge in [0.1, 0.15) is 5.60 Å². The van der Waals surface area contributed by atoms with Crippen molar-refractivity contribution in [3.63, 3.8) is 0 Å². The monoisotopic (exact) mass is 440 g/mol. The molecule has 7 heteroatoms. The number of alkyl carbamates (subject to hydrolysis) is 1. The number of likely N-dealkylation sites (tertiary alicyclic amines) is 1. The number of aliphatic imine (C=N–C) groups is 1. The largest absolute Gasteiger partial charge is 0.444 e. The van der Waals surface area contributed by atoms with Crippen molar-refractivity contribution in [1.29, 1.82) is 0 Å². The summed E-state index contributed by atoms with van der Waals surface area (Å²) < 4.78 is 5.20. The number of halogens is 1. The lowest BCUT2D eigenvalue weighted by Gasteiger charge is -2.37. The van der Waals surface area contributed by atoms with Crippen molar-refractivity contribution >= 4 is 36.0 Å². The van der Waals surface area contributed by atoms with Crippen LogP contribution in [0.3, 0.4) is 0 Å². The van der Waals surface area contributed by atoms with Crippen LogP contribution in [0.1, 0.15) is 41.0 Å². The Morgan fingerprint density at radius 2 is 1.70 bits per heavy atom. The van der Waals surface area contributed by atoms with Crippen molar-refractivity contribution < 1.29 is 9.53 Å². The molecule has 1 amide bonds. The van der Waals surface area contributed by atoms with E-state index in [1.165, 1.54) is 6.42 Å². The number of hydrogen-bond acceptors (Lipinski definition) is 3. The zero-order valence-corrected chi connectivity index (χ0v) is 17.6. The van der Waals surface area contributed by atoms with E-state index < -0.39 is 5.60 Å². The van der Waals surface area contributed by atoms with Crippen LogP contribution in [0.4, 0.5) is 4.79 Å². The van der Waals surface area contributed by atoms with Gasteiger partial charge in [0.25, 0.3) is 0 Å². The topological polar surface area (TPSA) is 66.0 Å². The van der Waals surface area contributed by atoms with Crippen LogP contribution in [-0.2, 0) is 4.74 Å². The van der Waals surface area contributed by atoms with Gasteiger partial charge in [-0.25, -0.2) is 4.79 Å². The Labute approximate surface area is 157 Å². The maximum atomic E-state index is 11.6. The normalized spacial score (nSPS) is 22.2. The minimum Gasteiger partial charge on any atom is -0.444 e. The molecule has 2 N–H and O–H groups in total. The highest BCUT2D eigenvalue weighted by molar-refractivity contribution is 14.0. The number of amides is 1. The summed E-state index contributed by atoms with van der Waals surface area (Å²) in [6.45, 7) is 13.3. The number of nitrogens with one attached hydrogen (secondary N) is 2. The molecular formula is C16H33IN4O2. The average molecular weight is 440 g/mol. The van der Waals surface area contributed by atoms with E-state index in [9.17, 15) is 4.79 Å². The van der Waals surface area contributed by atoms with Crippen LogP contribution in [0.5, 0.6) is 0 Å². The zero-order chi connectivity index (χ0) is 16.8. The highest BCUT2D eigenvalue weighted by Gasteiger charge is 2.23. The third-order valence-electron chi connectivity index (χ3n) is 3.46. The Morgan fingerprint density at radius 3 is 2.17 bits per heavy atom. The summed E-state index contributed by atoms with van der Waals surface area (Å²) in [5, 5.41) is 6.05. The molecule has 0 radical (unpaired) electrons. The summed E-state index contributed by atoms with van der Waals surface area (Å²) >= 11 is 0. The number of rotatable bonds is 3. The summed E-state index contributed by atoms with van der Waals surface area (Å²) in [4.78, 5) is 18.2. The first-order valence-electron chi connectivity index (χ1n) is 8.13. The number of guanidine groups is 1. The maximum Gasteiger partial charge on any atom is 0.407 e. The molecule has 1 aliphatic heterocycles. The van der Waals surface area contributed by atoms with Crippen LogP contribution in [-0.4, -0.2) is 55.8 Å². The SMILES string of the molecule is CN=C(NCCNC(=O)OC(C)(C)C)N1CC(C)CC(C)C1.I. The first kappa shape index (κ1) is 22.3. The van der Waals surface area contributed by atoms with Gasteiger partial charge in [0.2, 0.25) is 0 Å². The number of piperidine rings is 1. The molecular weight excluding hydrogens is 407 g/mol. The molecule has 23 heavy (non-hydrogen) atoms. The van der Waals surface area contributed by atoms with Gasteiger partial charge in [-0.1, -0.05) is 13.8 Å². The van der Waals surface area contributed by atoms with Crippen molar-refractivity contribution in [3.05, 3.63) is 0 Å². The molecule has 2 unspecified atom stereocenters. The minimum absolute atomic E-state index is 0. The highest BCUT2D eigenvalue weighted by atomic mass is 127. The smallest absolute Gasteiger partial charge is 0.407 e. The van der Waals surface area contributed by atoms with Crippen molar-refractivity contribution in [3.8, 4) is 0 Å². The predicted octanol–water partition coefficient (Wildman–Crippen LogP) is 2.68. The molecule has 6 nitrogen and oxygen atoms in total. The van der Waals surface area contributed by atoms with Gasteiger partial charge in [0.15, 0.2) is 5.96 Å². The van der Waals surface area contributed by atoms with Gasteiger partial charge in [-0.3, -0.25) is 4.99 Å². The van der Waals surface area contributed by atoms with E-state index in [2.05, 4.69) is 34.4 Å². The lowest BCUT2D eigenvalue weighted by atomic mass is 9.92. The summed E-state index contributed by atoms with van der Waals surface area (Å²) in [5.41, 5.74) is -0.465.